The van der Waals surface area contributed by atoms with Crippen molar-refractivity contribution in [2.45, 2.75) is 0 Å². The maximum atomic E-state index is 11.0. The standard InChI is InChI=1S/C8H9NO3S/c1-12-8(11)6-5-9-7(13-6)3-2-4-10/h2-3,5,10H,4H2,1H3. The summed E-state index contributed by atoms with van der Waals surface area (Å²) in [6, 6.07) is 0. The maximum absolute atomic E-state index is 11.0. The number of hydrogen-bond acceptors (Lipinski definition) is 5. The van der Waals surface area contributed by atoms with E-state index in [-0.39, 0.29) is 12.6 Å². The van der Waals surface area contributed by atoms with Crippen LogP contribution < -0.4 is 0 Å². The average molecular weight is 199 g/mol. The van der Waals surface area contributed by atoms with Crippen LogP contribution in [0.3, 0.4) is 0 Å². The first-order chi connectivity index (χ1) is 6.27. The lowest BCUT2D eigenvalue weighted by molar-refractivity contribution is 0.0606. The average Bonchev–Trinajstić information content (AvgIpc) is 2.62. The summed E-state index contributed by atoms with van der Waals surface area (Å²) in [5, 5.41) is 9.16. The molecule has 0 bridgehead atoms. The molecule has 4 nitrogen and oxygen atoms in total. The molecule has 5 heteroatoms. The molecular formula is C8H9NO3S. The molecule has 0 fully saturated rings. The van der Waals surface area contributed by atoms with Crippen LogP contribution in [0.5, 0.6) is 0 Å². The zero-order valence-corrected chi connectivity index (χ0v) is 7.87. The Kier molecular flexibility index (Phi) is 3.60. The van der Waals surface area contributed by atoms with E-state index in [1.165, 1.54) is 24.6 Å². The number of aromatic nitrogens is 1. The van der Waals surface area contributed by atoms with Crippen LogP contribution in [0.2, 0.25) is 0 Å². The van der Waals surface area contributed by atoms with Gasteiger partial charge in [0.1, 0.15) is 9.88 Å². The van der Waals surface area contributed by atoms with E-state index in [0.29, 0.717) is 9.88 Å². The normalized spacial score (nSPS) is 10.6. The molecule has 70 valence electrons. The third kappa shape index (κ3) is 2.64. The molecule has 1 aromatic heterocycles. The number of carbonyl (C=O) groups is 1. The van der Waals surface area contributed by atoms with E-state index >= 15 is 0 Å². The molecule has 0 saturated heterocycles. The van der Waals surface area contributed by atoms with Gasteiger partial charge in [0, 0.05) is 0 Å². The fraction of sp³-hybridized carbons (Fsp3) is 0.250. The molecule has 1 rings (SSSR count). The molecule has 0 aliphatic heterocycles. The predicted molar refractivity (Wildman–Crippen MR) is 49.6 cm³/mol. The summed E-state index contributed by atoms with van der Waals surface area (Å²) < 4.78 is 4.51. The number of rotatable bonds is 3. The zero-order chi connectivity index (χ0) is 9.68. The Bertz CT molecular complexity index is 319. The van der Waals surface area contributed by atoms with Crippen molar-refractivity contribution in [1.29, 1.82) is 0 Å². The summed E-state index contributed by atoms with van der Waals surface area (Å²) in [6.45, 7) is -0.0346. The van der Waals surface area contributed by atoms with E-state index in [0.717, 1.165) is 0 Å². The van der Waals surface area contributed by atoms with Gasteiger partial charge in [0.05, 0.1) is 19.9 Å². The van der Waals surface area contributed by atoms with E-state index in [2.05, 4.69) is 9.72 Å². The van der Waals surface area contributed by atoms with Gasteiger partial charge in [-0.1, -0.05) is 6.08 Å². The topological polar surface area (TPSA) is 59.4 Å². The summed E-state index contributed by atoms with van der Waals surface area (Å²) in [7, 11) is 1.32. The van der Waals surface area contributed by atoms with Crippen LogP contribution in [-0.4, -0.2) is 29.8 Å². The predicted octanol–water partition coefficient (Wildman–Crippen LogP) is 0.935. The Balaban J connectivity index is 2.74. The molecule has 0 radical (unpaired) electrons. The molecule has 0 saturated carbocycles. The van der Waals surface area contributed by atoms with Gasteiger partial charge < -0.3 is 9.84 Å². The first kappa shape index (κ1) is 9.88. The molecule has 0 spiro atoms. The highest BCUT2D eigenvalue weighted by Gasteiger charge is 2.08. The number of thiazole rings is 1. The van der Waals surface area contributed by atoms with E-state index in [4.69, 9.17) is 5.11 Å². The fourth-order valence-corrected chi connectivity index (χ4v) is 1.48. The molecule has 0 unspecified atom stereocenters. The summed E-state index contributed by atoms with van der Waals surface area (Å²) >= 11 is 1.22. The van der Waals surface area contributed by atoms with Crippen LogP contribution in [-0.2, 0) is 4.74 Å². The van der Waals surface area contributed by atoms with Crippen molar-refractivity contribution >= 4 is 23.4 Å². The number of ether oxygens (including phenoxy) is 1. The number of carbonyl (C=O) groups excluding carboxylic acids is 1. The van der Waals surface area contributed by atoms with Crippen molar-refractivity contribution in [3.8, 4) is 0 Å². The number of nitrogens with zero attached hydrogens (tertiary/aromatic N) is 1. The van der Waals surface area contributed by atoms with E-state index in [9.17, 15) is 4.79 Å². The first-order valence-electron chi connectivity index (χ1n) is 3.59. The van der Waals surface area contributed by atoms with E-state index < -0.39 is 0 Å². The smallest absolute Gasteiger partial charge is 0.349 e. The summed E-state index contributed by atoms with van der Waals surface area (Å²) in [5.41, 5.74) is 0. The van der Waals surface area contributed by atoms with Crippen molar-refractivity contribution < 1.29 is 14.6 Å². The number of aliphatic hydroxyl groups excluding tert-OH is 1. The Morgan fingerprint density at radius 3 is 3.23 bits per heavy atom. The number of aliphatic hydroxyl groups is 1. The second kappa shape index (κ2) is 4.74. The second-order valence-corrected chi connectivity index (χ2v) is 3.20. The Labute approximate surface area is 79.5 Å². The van der Waals surface area contributed by atoms with Gasteiger partial charge in [-0.15, -0.1) is 11.3 Å². The highest BCUT2D eigenvalue weighted by atomic mass is 32.1. The van der Waals surface area contributed by atoms with Crippen LogP contribution in [0.1, 0.15) is 14.7 Å². The molecule has 0 aliphatic carbocycles. The van der Waals surface area contributed by atoms with Crippen molar-refractivity contribution in [3.63, 3.8) is 0 Å². The maximum Gasteiger partial charge on any atom is 0.349 e. The Hall–Kier alpha value is -1.20. The lowest BCUT2D eigenvalue weighted by Gasteiger charge is -1.89. The SMILES string of the molecule is COC(=O)c1cnc(C=CCO)s1. The third-order valence-electron chi connectivity index (χ3n) is 1.28. The number of hydrogen-bond donors (Lipinski definition) is 1. The lowest BCUT2D eigenvalue weighted by atomic mass is 10.5. The van der Waals surface area contributed by atoms with Crippen molar-refractivity contribution in [1.82, 2.24) is 4.98 Å². The number of methoxy groups -OCH3 is 1. The molecular weight excluding hydrogens is 190 g/mol. The van der Waals surface area contributed by atoms with Crippen LogP contribution in [0.15, 0.2) is 12.3 Å². The minimum Gasteiger partial charge on any atom is -0.465 e. The molecule has 0 aliphatic rings. The van der Waals surface area contributed by atoms with Crippen LogP contribution in [0.4, 0.5) is 0 Å². The van der Waals surface area contributed by atoms with Crippen molar-refractivity contribution in [2.24, 2.45) is 0 Å². The van der Waals surface area contributed by atoms with Gasteiger partial charge in [0.2, 0.25) is 0 Å². The molecule has 1 aromatic rings. The molecule has 0 atom stereocenters. The minimum atomic E-state index is -0.388. The Morgan fingerprint density at radius 2 is 2.62 bits per heavy atom. The first-order valence-corrected chi connectivity index (χ1v) is 4.41. The molecule has 13 heavy (non-hydrogen) atoms. The van der Waals surface area contributed by atoms with Crippen molar-refractivity contribution in [3.05, 3.63) is 22.2 Å². The third-order valence-corrected chi connectivity index (χ3v) is 2.22. The van der Waals surface area contributed by atoms with Gasteiger partial charge in [-0.2, -0.15) is 0 Å². The molecule has 1 N–H and O–H groups in total. The summed E-state index contributed by atoms with van der Waals surface area (Å²) in [5.74, 6) is -0.388. The van der Waals surface area contributed by atoms with Crippen LogP contribution >= 0.6 is 11.3 Å². The highest BCUT2D eigenvalue weighted by Crippen LogP contribution is 2.14. The molecule has 0 aromatic carbocycles. The van der Waals surface area contributed by atoms with Gasteiger partial charge in [-0.05, 0) is 6.08 Å². The lowest BCUT2D eigenvalue weighted by Crippen LogP contribution is -1.96. The largest absolute Gasteiger partial charge is 0.465 e. The van der Waals surface area contributed by atoms with Crippen molar-refractivity contribution in [2.75, 3.05) is 13.7 Å². The summed E-state index contributed by atoms with van der Waals surface area (Å²) in [6.07, 6.45) is 4.66. The molecule has 0 amide bonds. The van der Waals surface area contributed by atoms with E-state index in [1.54, 1.807) is 12.2 Å². The van der Waals surface area contributed by atoms with Gasteiger partial charge in [0.15, 0.2) is 0 Å². The minimum absolute atomic E-state index is 0.0346. The summed E-state index contributed by atoms with van der Waals surface area (Å²) in [4.78, 5) is 15.4. The fourth-order valence-electron chi connectivity index (χ4n) is 0.713. The van der Waals surface area contributed by atoms with Crippen LogP contribution in [0, 0.1) is 0 Å². The highest BCUT2D eigenvalue weighted by molar-refractivity contribution is 7.14. The zero-order valence-electron chi connectivity index (χ0n) is 7.06. The monoisotopic (exact) mass is 199 g/mol. The van der Waals surface area contributed by atoms with Gasteiger partial charge in [0.25, 0.3) is 0 Å². The number of esters is 1. The van der Waals surface area contributed by atoms with Crippen LogP contribution in [0.25, 0.3) is 6.08 Å². The Morgan fingerprint density at radius 1 is 1.85 bits per heavy atom. The van der Waals surface area contributed by atoms with Gasteiger partial charge >= 0.3 is 5.97 Å². The quantitative estimate of drug-likeness (QED) is 0.736. The van der Waals surface area contributed by atoms with E-state index in [1.807, 2.05) is 0 Å². The van der Waals surface area contributed by atoms with Gasteiger partial charge in [-0.3, -0.25) is 0 Å². The molecule has 1 heterocycles. The van der Waals surface area contributed by atoms with Gasteiger partial charge in [-0.25, -0.2) is 9.78 Å². The second-order valence-electron chi connectivity index (χ2n) is 2.14.